The van der Waals surface area contributed by atoms with Crippen molar-refractivity contribution in [2.45, 2.75) is 39.5 Å². The molecule has 0 aliphatic carbocycles. The molecular formula is C15H23NOS. The van der Waals surface area contributed by atoms with Gasteiger partial charge in [0, 0.05) is 6.54 Å². The number of thiol groups is 1. The van der Waals surface area contributed by atoms with E-state index in [-0.39, 0.29) is 17.1 Å². The third-order valence-electron chi connectivity index (χ3n) is 3.07. The molecule has 2 nitrogen and oxygen atoms in total. The van der Waals surface area contributed by atoms with Gasteiger partial charge in [0.25, 0.3) is 0 Å². The highest BCUT2D eigenvalue weighted by atomic mass is 32.1. The predicted octanol–water partition coefficient (Wildman–Crippen LogP) is 2.88. The van der Waals surface area contributed by atoms with Gasteiger partial charge in [0.05, 0.1) is 5.75 Å². The van der Waals surface area contributed by atoms with Gasteiger partial charge in [-0.25, -0.2) is 0 Å². The van der Waals surface area contributed by atoms with E-state index in [0.717, 1.165) is 6.42 Å². The Morgan fingerprint density at radius 1 is 1.33 bits per heavy atom. The molecule has 0 aliphatic rings. The van der Waals surface area contributed by atoms with Crippen molar-refractivity contribution in [2.75, 3.05) is 12.3 Å². The van der Waals surface area contributed by atoms with Gasteiger partial charge in [-0.15, -0.1) is 0 Å². The highest BCUT2D eigenvalue weighted by Gasteiger charge is 2.14. The SMILES string of the molecule is Cc1cc(C(C)(C)C)ccc1CCNC(=O)CS. The summed E-state index contributed by atoms with van der Waals surface area (Å²) in [5.41, 5.74) is 4.12. The van der Waals surface area contributed by atoms with E-state index < -0.39 is 0 Å². The van der Waals surface area contributed by atoms with Gasteiger partial charge in [-0.1, -0.05) is 39.0 Å². The second kappa shape index (κ2) is 6.28. The van der Waals surface area contributed by atoms with Crippen molar-refractivity contribution < 1.29 is 4.79 Å². The van der Waals surface area contributed by atoms with Gasteiger partial charge in [-0.2, -0.15) is 12.6 Å². The maximum Gasteiger partial charge on any atom is 0.229 e. The summed E-state index contributed by atoms with van der Waals surface area (Å²) in [6, 6.07) is 6.60. The van der Waals surface area contributed by atoms with Crippen LogP contribution in [-0.2, 0) is 16.6 Å². The lowest BCUT2D eigenvalue weighted by atomic mass is 9.85. The van der Waals surface area contributed by atoms with E-state index in [1.165, 1.54) is 16.7 Å². The Hall–Kier alpha value is -0.960. The van der Waals surface area contributed by atoms with Gasteiger partial charge < -0.3 is 5.32 Å². The van der Waals surface area contributed by atoms with Crippen LogP contribution in [0.3, 0.4) is 0 Å². The molecule has 0 bridgehead atoms. The molecule has 0 atom stereocenters. The topological polar surface area (TPSA) is 29.1 Å². The van der Waals surface area contributed by atoms with Crippen molar-refractivity contribution >= 4 is 18.5 Å². The van der Waals surface area contributed by atoms with Gasteiger partial charge in [-0.05, 0) is 35.4 Å². The average molecular weight is 265 g/mol. The van der Waals surface area contributed by atoms with Crippen LogP contribution in [0.1, 0.15) is 37.5 Å². The fourth-order valence-electron chi connectivity index (χ4n) is 1.84. The van der Waals surface area contributed by atoms with Gasteiger partial charge in [0.1, 0.15) is 0 Å². The molecule has 1 N–H and O–H groups in total. The Morgan fingerprint density at radius 3 is 2.50 bits per heavy atom. The number of rotatable bonds is 4. The summed E-state index contributed by atoms with van der Waals surface area (Å²) in [6.07, 6.45) is 0.871. The normalized spacial score (nSPS) is 11.4. The summed E-state index contributed by atoms with van der Waals surface area (Å²) in [5.74, 6) is 0.240. The van der Waals surface area contributed by atoms with Crippen LogP contribution >= 0.6 is 12.6 Å². The number of carbonyl (C=O) groups excluding carboxylic acids is 1. The van der Waals surface area contributed by atoms with E-state index in [4.69, 9.17) is 0 Å². The average Bonchev–Trinajstić information content (AvgIpc) is 2.29. The molecule has 1 aromatic carbocycles. The molecule has 18 heavy (non-hydrogen) atoms. The molecule has 0 radical (unpaired) electrons. The number of carbonyl (C=O) groups is 1. The second-order valence-corrected chi connectivity index (χ2v) is 5.97. The largest absolute Gasteiger partial charge is 0.355 e. The van der Waals surface area contributed by atoms with Crippen LogP contribution in [0.25, 0.3) is 0 Å². The summed E-state index contributed by atoms with van der Waals surface area (Å²) in [5, 5.41) is 2.84. The van der Waals surface area contributed by atoms with Crippen molar-refractivity contribution in [1.29, 1.82) is 0 Å². The standard InChI is InChI=1S/C15H23NOS/c1-11-9-13(15(2,3)4)6-5-12(11)7-8-16-14(17)10-18/h5-6,9,18H,7-8,10H2,1-4H3,(H,16,17). The molecule has 0 unspecified atom stereocenters. The highest BCUT2D eigenvalue weighted by molar-refractivity contribution is 7.81. The molecule has 1 rings (SSSR count). The lowest BCUT2D eigenvalue weighted by Crippen LogP contribution is -2.26. The van der Waals surface area contributed by atoms with E-state index in [1.54, 1.807) is 0 Å². The third-order valence-corrected chi connectivity index (χ3v) is 3.36. The Kier molecular flexibility index (Phi) is 5.27. The van der Waals surface area contributed by atoms with Gasteiger partial charge >= 0.3 is 0 Å². The molecule has 1 amide bonds. The van der Waals surface area contributed by atoms with Crippen molar-refractivity contribution in [2.24, 2.45) is 0 Å². The fraction of sp³-hybridized carbons (Fsp3) is 0.533. The van der Waals surface area contributed by atoms with Crippen LogP contribution in [0, 0.1) is 6.92 Å². The number of amides is 1. The second-order valence-electron chi connectivity index (χ2n) is 5.65. The van der Waals surface area contributed by atoms with Crippen LogP contribution in [-0.4, -0.2) is 18.2 Å². The first kappa shape index (κ1) is 15.1. The first-order chi connectivity index (χ1) is 8.34. The Balaban J connectivity index is 2.66. The fourth-order valence-corrected chi connectivity index (χ4v) is 1.95. The molecule has 100 valence electrons. The number of hydrogen-bond acceptors (Lipinski definition) is 2. The van der Waals surface area contributed by atoms with Crippen LogP contribution in [0.15, 0.2) is 18.2 Å². The van der Waals surface area contributed by atoms with Crippen LogP contribution in [0.5, 0.6) is 0 Å². The summed E-state index contributed by atoms with van der Waals surface area (Å²) < 4.78 is 0. The van der Waals surface area contributed by atoms with Crippen molar-refractivity contribution in [3.8, 4) is 0 Å². The predicted molar refractivity (Wildman–Crippen MR) is 80.4 cm³/mol. The quantitative estimate of drug-likeness (QED) is 0.805. The monoisotopic (exact) mass is 265 g/mol. The summed E-state index contributed by atoms with van der Waals surface area (Å²) >= 11 is 3.93. The first-order valence-electron chi connectivity index (χ1n) is 6.32. The molecule has 0 spiro atoms. The molecule has 0 heterocycles. The first-order valence-corrected chi connectivity index (χ1v) is 6.95. The molecule has 0 saturated heterocycles. The Morgan fingerprint density at radius 2 is 2.00 bits per heavy atom. The minimum Gasteiger partial charge on any atom is -0.355 e. The van der Waals surface area contributed by atoms with Crippen molar-refractivity contribution in [1.82, 2.24) is 5.32 Å². The highest BCUT2D eigenvalue weighted by Crippen LogP contribution is 2.24. The molecule has 0 aromatic heterocycles. The van der Waals surface area contributed by atoms with Crippen molar-refractivity contribution in [3.05, 3.63) is 34.9 Å². The Labute approximate surface area is 116 Å². The van der Waals surface area contributed by atoms with Crippen molar-refractivity contribution in [3.63, 3.8) is 0 Å². The van der Waals surface area contributed by atoms with Crippen LogP contribution in [0.4, 0.5) is 0 Å². The summed E-state index contributed by atoms with van der Waals surface area (Å²) in [7, 11) is 0. The molecule has 0 saturated carbocycles. The van der Waals surface area contributed by atoms with Gasteiger partial charge in [0.15, 0.2) is 0 Å². The van der Waals surface area contributed by atoms with E-state index in [1.807, 2.05) is 0 Å². The molecule has 0 aliphatic heterocycles. The minimum atomic E-state index is -0.0118. The zero-order chi connectivity index (χ0) is 13.8. The van der Waals surface area contributed by atoms with E-state index in [9.17, 15) is 4.79 Å². The van der Waals surface area contributed by atoms with E-state index >= 15 is 0 Å². The molecular weight excluding hydrogens is 242 g/mol. The Bertz CT molecular complexity index is 421. The smallest absolute Gasteiger partial charge is 0.229 e. The number of nitrogens with one attached hydrogen (secondary N) is 1. The van der Waals surface area contributed by atoms with E-state index in [2.05, 4.69) is 63.8 Å². The maximum absolute atomic E-state index is 11.1. The van der Waals surface area contributed by atoms with Gasteiger partial charge in [-0.3, -0.25) is 4.79 Å². The number of aryl methyl sites for hydroxylation is 1. The molecule has 3 heteroatoms. The van der Waals surface area contributed by atoms with Crippen LogP contribution in [0.2, 0.25) is 0 Å². The maximum atomic E-state index is 11.1. The third kappa shape index (κ3) is 4.37. The zero-order valence-electron chi connectivity index (χ0n) is 11.7. The lowest BCUT2D eigenvalue weighted by Gasteiger charge is -2.20. The summed E-state index contributed by atoms with van der Waals surface area (Å²) in [4.78, 5) is 11.1. The summed E-state index contributed by atoms with van der Waals surface area (Å²) in [6.45, 7) is 9.46. The molecule has 1 aromatic rings. The zero-order valence-corrected chi connectivity index (χ0v) is 12.6. The van der Waals surface area contributed by atoms with E-state index in [0.29, 0.717) is 6.54 Å². The number of benzene rings is 1. The van der Waals surface area contributed by atoms with Crippen LogP contribution < -0.4 is 5.32 Å². The van der Waals surface area contributed by atoms with Gasteiger partial charge in [0.2, 0.25) is 5.91 Å². The lowest BCUT2D eigenvalue weighted by molar-refractivity contribution is -0.118. The minimum absolute atomic E-state index is 0.0118. The molecule has 0 fully saturated rings. The number of hydrogen-bond donors (Lipinski definition) is 2.